The van der Waals surface area contributed by atoms with E-state index in [2.05, 4.69) is 40.7 Å². The molecule has 5 heterocycles. The third-order valence-corrected chi connectivity index (χ3v) is 23.6. The van der Waals surface area contributed by atoms with Crippen LogP contribution in [0.4, 0.5) is 0 Å². The van der Waals surface area contributed by atoms with E-state index in [1.54, 1.807) is 6.92 Å². The average Bonchev–Trinajstić information content (AvgIpc) is 0.676. The van der Waals surface area contributed by atoms with Gasteiger partial charge in [-0.05, 0) is 111 Å². The smallest absolute Gasteiger partial charge is 0.315 e. The second-order valence-corrected chi connectivity index (χ2v) is 28.9. The predicted molar refractivity (Wildman–Crippen MR) is 297 cm³/mol. The molecule has 30 heteroatoms. The molecule has 10 rings (SSSR count). The Morgan fingerprint density at radius 2 is 0.967 bits per heavy atom. The summed E-state index contributed by atoms with van der Waals surface area (Å²) in [6, 6.07) is 0. The van der Waals surface area contributed by atoms with Crippen molar-refractivity contribution in [3.8, 4) is 0 Å². The summed E-state index contributed by atoms with van der Waals surface area (Å²) >= 11 is 0. The van der Waals surface area contributed by atoms with Crippen LogP contribution in [0.5, 0.6) is 0 Å². The second kappa shape index (κ2) is 26.2. The van der Waals surface area contributed by atoms with E-state index in [1.165, 1.54) is 0 Å². The number of aliphatic carboxylic acids is 1. The summed E-state index contributed by atoms with van der Waals surface area (Å²) in [5.74, 6) is -2.90. The van der Waals surface area contributed by atoms with Gasteiger partial charge in [-0.3, -0.25) is 9.59 Å². The summed E-state index contributed by atoms with van der Waals surface area (Å²) < 4.78 is 59.4. The van der Waals surface area contributed by atoms with Crippen molar-refractivity contribution < 1.29 is 149 Å². The molecule has 5 saturated heterocycles. The number of aliphatic hydroxyl groups excluding tert-OH is 17. The third kappa shape index (κ3) is 11.6. The molecule has 10 aliphatic rings. The molecule has 4 saturated carbocycles. The topological polar surface area (TPSA) is 491 Å². The number of esters is 1. The fourth-order valence-corrected chi connectivity index (χ4v) is 17.8. The molecule has 0 bridgehead atoms. The highest BCUT2D eigenvalue weighted by atomic mass is 16.8. The second-order valence-electron chi connectivity index (χ2n) is 28.9. The summed E-state index contributed by atoms with van der Waals surface area (Å²) in [4.78, 5) is 29.5. The molecule has 5 aliphatic heterocycles. The molecule has 5 aliphatic carbocycles. The zero-order valence-corrected chi connectivity index (χ0v) is 51.4. The SMILES string of the molecule is CC1(C)CC[C@]2(C(=O)O[C@@H]3O[C@H](CO[C@@H]4O[C@H](CO)[C@@H](O)[C@H](O)[C@H]4O[C@@H]4O[C@H](CO)[C@@H](O)[C@H](O)[C@H]4O)[C@@H](O)[C@H](O[C@@H]4O[C@H](CO)[C@@H](O)[C@H](O)[C@H]4O)[C@H]3O)CC[C@]3(C)C(=CC[C@@H]4[C@@]5(C)CC[C@H](O[C@@H]6O[C@H](CO)[C@@H](O)[C@H](O)[C@H]6O)C(C)(C(=O)O)[C@@H]5CC[C@]43C)[C@@H]2C1. The molecule has 90 heavy (non-hydrogen) atoms. The number of hydrogen-bond acceptors (Lipinski definition) is 29. The van der Waals surface area contributed by atoms with Gasteiger partial charge in [0.2, 0.25) is 6.29 Å². The summed E-state index contributed by atoms with van der Waals surface area (Å²) in [5, 5.41) is 194. The zero-order chi connectivity index (χ0) is 65.9. The van der Waals surface area contributed by atoms with Gasteiger partial charge in [0.1, 0.15) is 122 Å². The van der Waals surface area contributed by atoms with E-state index < -0.39 is 244 Å². The predicted octanol–water partition coefficient (Wildman–Crippen LogP) is -5.15. The molecule has 0 spiro atoms. The van der Waals surface area contributed by atoms with Crippen LogP contribution >= 0.6 is 0 Å². The highest BCUT2D eigenvalue weighted by Gasteiger charge is 2.72. The first-order chi connectivity index (χ1) is 42.2. The van der Waals surface area contributed by atoms with Crippen molar-refractivity contribution in [2.75, 3.05) is 33.0 Å². The molecule has 1 unspecified atom stereocenters. The molecule has 0 aromatic carbocycles. The van der Waals surface area contributed by atoms with Gasteiger partial charge in [0.05, 0.1) is 50.0 Å². The average molecular weight is 1300 g/mol. The van der Waals surface area contributed by atoms with Crippen LogP contribution in [-0.4, -0.2) is 297 Å². The Morgan fingerprint density at radius 3 is 1.49 bits per heavy atom. The van der Waals surface area contributed by atoms with E-state index >= 15 is 4.79 Å². The lowest BCUT2D eigenvalue weighted by Gasteiger charge is -2.71. The highest BCUT2D eigenvalue weighted by molar-refractivity contribution is 5.79. The summed E-state index contributed by atoms with van der Waals surface area (Å²) in [5.41, 5.74) is -3.70. The van der Waals surface area contributed by atoms with Crippen molar-refractivity contribution in [3.63, 3.8) is 0 Å². The molecule has 0 aromatic heterocycles. The Labute approximate surface area is 519 Å². The molecule has 0 radical (unpaired) electrons. The van der Waals surface area contributed by atoms with Gasteiger partial charge in [-0.25, -0.2) is 0 Å². The van der Waals surface area contributed by atoms with E-state index in [0.29, 0.717) is 51.4 Å². The first-order valence-corrected chi connectivity index (χ1v) is 31.5. The zero-order valence-electron chi connectivity index (χ0n) is 51.4. The minimum absolute atomic E-state index is 0.0890. The van der Waals surface area contributed by atoms with Crippen molar-refractivity contribution in [3.05, 3.63) is 11.6 Å². The van der Waals surface area contributed by atoms with E-state index in [9.17, 15) is 96.7 Å². The maximum atomic E-state index is 15.7. The van der Waals surface area contributed by atoms with Crippen LogP contribution < -0.4 is 0 Å². The quantitative estimate of drug-likeness (QED) is 0.0390. The van der Waals surface area contributed by atoms with E-state index in [4.69, 9.17) is 47.4 Å². The number of aliphatic hydroxyl groups is 17. The van der Waals surface area contributed by atoms with E-state index in [1.807, 2.05) is 0 Å². The van der Waals surface area contributed by atoms with Crippen LogP contribution in [0.2, 0.25) is 0 Å². The van der Waals surface area contributed by atoms with Gasteiger partial charge >= 0.3 is 11.9 Å². The lowest BCUT2D eigenvalue weighted by atomic mass is 9.33. The number of carbonyl (C=O) groups excluding carboxylic acids is 1. The van der Waals surface area contributed by atoms with Crippen LogP contribution in [0, 0.1) is 50.2 Å². The standard InChI is InChI=1S/C60H96O30/c1-55(2)13-15-60(16-14-57(4)23(24(60)17-55)7-8-30-56(3)11-10-32(59(6,53(78)79)31(56)9-12-58(30,57)5)87-48-42(74)38(70)33(65)25(18-61)82-48)54(80)90-51-45(77)46(88-49-43(75)39(71)34(66)26(19-62)83-49)37(69)29(86-51)22-81-52-47(41(73)36(68)28(21-64)85-52)89-50-44(76)40(72)35(67)27(20-63)84-50/h7,24-52,61-77H,8-22H2,1-6H3,(H,78,79)/t24-,25+,26+,27+,28+,29+,30+,31+,32-,33+,34+,35+,36+,37+,38-,39-,40-,41-,42+,43+,44+,45+,46-,47+,48-,49-,50-,51-,52+,56+,57+,58+,59?,60-/m0/s1. The van der Waals surface area contributed by atoms with Crippen LogP contribution in [0.25, 0.3) is 0 Å². The van der Waals surface area contributed by atoms with Gasteiger partial charge in [-0.15, -0.1) is 0 Å². The van der Waals surface area contributed by atoms with Crippen molar-refractivity contribution in [1.82, 2.24) is 0 Å². The molecule has 0 amide bonds. The number of carbonyl (C=O) groups is 2. The van der Waals surface area contributed by atoms with Gasteiger partial charge in [0, 0.05) is 0 Å². The number of carboxylic acids is 1. The number of carboxylic acid groups (broad SMARTS) is 1. The van der Waals surface area contributed by atoms with E-state index in [0.717, 1.165) is 5.57 Å². The van der Waals surface area contributed by atoms with Crippen LogP contribution in [0.1, 0.15) is 106 Å². The molecule has 34 atom stereocenters. The summed E-state index contributed by atoms with van der Waals surface area (Å²) in [6.07, 6.45) is -40.0. The fraction of sp³-hybridized carbons (Fsp3) is 0.933. The van der Waals surface area contributed by atoms with Gasteiger partial charge in [0.15, 0.2) is 25.2 Å². The molecule has 516 valence electrons. The Balaban J connectivity index is 0.930. The lowest BCUT2D eigenvalue weighted by Crippen LogP contribution is -2.68. The maximum absolute atomic E-state index is 15.7. The number of fused-ring (bicyclic) bond motifs is 7. The van der Waals surface area contributed by atoms with Crippen molar-refractivity contribution in [2.24, 2.45) is 50.2 Å². The first-order valence-electron chi connectivity index (χ1n) is 31.5. The molecular formula is C60H96O30. The maximum Gasteiger partial charge on any atom is 0.315 e. The Morgan fingerprint density at radius 1 is 0.489 bits per heavy atom. The van der Waals surface area contributed by atoms with Crippen molar-refractivity contribution >= 4 is 11.9 Å². The van der Waals surface area contributed by atoms with Gasteiger partial charge in [-0.2, -0.15) is 0 Å². The van der Waals surface area contributed by atoms with Crippen LogP contribution in [0.3, 0.4) is 0 Å². The molecule has 18 N–H and O–H groups in total. The molecule has 9 fully saturated rings. The Bertz CT molecular complexity index is 2540. The van der Waals surface area contributed by atoms with Gasteiger partial charge < -0.3 is 139 Å². The molecule has 0 aromatic rings. The first kappa shape index (κ1) is 70.4. The summed E-state index contributed by atoms with van der Waals surface area (Å²) in [6.45, 7) is 8.30. The van der Waals surface area contributed by atoms with Gasteiger partial charge in [0.25, 0.3) is 0 Å². The molecular weight excluding hydrogens is 1200 g/mol. The summed E-state index contributed by atoms with van der Waals surface area (Å²) in [7, 11) is 0. The minimum atomic E-state index is -2.13. The number of ether oxygens (including phenoxy) is 10. The minimum Gasteiger partial charge on any atom is -0.481 e. The number of allylic oxidation sites excluding steroid dienone is 2. The lowest BCUT2D eigenvalue weighted by molar-refractivity contribution is -0.377. The monoisotopic (exact) mass is 1300 g/mol. The number of rotatable bonds is 16. The largest absolute Gasteiger partial charge is 0.481 e. The van der Waals surface area contributed by atoms with Crippen molar-refractivity contribution in [2.45, 2.75) is 265 Å². The van der Waals surface area contributed by atoms with Crippen molar-refractivity contribution in [1.29, 1.82) is 0 Å². The number of hydrogen-bond donors (Lipinski definition) is 18. The fourth-order valence-electron chi connectivity index (χ4n) is 17.8. The van der Waals surface area contributed by atoms with Gasteiger partial charge in [-0.1, -0.05) is 46.3 Å². The Kier molecular flexibility index (Phi) is 20.5. The van der Waals surface area contributed by atoms with Crippen LogP contribution in [-0.2, 0) is 57.0 Å². The van der Waals surface area contributed by atoms with Crippen LogP contribution in [0.15, 0.2) is 11.6 Å². The molecule has 30 nitrogen and oxygen atoms in total. The normalized spacial score (nSPS) is 53.6. The highest BCUT2D eigenvalue weighted by Crippen LogP contribution is 2.76. The third-order valence-electron chi connectivity index (χ3n) is 23.6. The van der Waals surface area contributed by atoms with E-state index in [-0.39, 0.29) is 24.2 Å². The Hall–Kier alpha value is -2.36.